The Morgan fingerprint density at radius 2 is 1.89 bits per heavy atom. The van der Waals surface area contributed by atoms with Gasteiger partial charge < -0.3 is 4.74 Å². The molecule has 2 nitrogen and oxygen atoms in total. The minimum absolute atomic E-state index is 0.0170. The van der Waals surface area contributed by atoms with Crippen molar-refractivity contribution < 1.29 is 13.9 Å². The molecule has 0 radical (unpaired) electrons. The smallest absolute Gasteiger partial charge is 0.170 e. The van der Waals surface area contributed by atoms with Gasteiger partial charge in [0, 0.05) is 6.42 Å². The van der Waals surface area contributed by atoms with Crippen LogP contribution < -0.4 is 4.74 Å². The van der Waals surface area contributed by atoms with Crippen molar-refractivity contribution in [1.29, 1.82) is 0 Å². The normalized spacial score (nSPS) is 10.3. The van der Waals surface area contributed by atoms with Crippen LogP contribution in [0.1, 0.15) is 15.9 Å². The molecule has 2 aromatic carbocycles. The zero-order valence-corrected chi connectivity index (χ0v) is 11.1. The maximum Gasteiger partial charge on any atom is 0.170 e. The Balaban J connectivity index is 2.18. The van der Waals surface area contributed by atoms with E-state index >= 15 is 0 Å². The third-order valence-corrected chi connectivity index (χ3v) is 3.07. The van der Waals surface area contributed by atoms with E-state index in [4.69, 9.17) is 16.3 Å². The van der Waals surface area contributed by atoms with E-state index in [1.807, 2.05) is 0 Å². The maximum atomic E-state index is 13.7. The monoisotopic (exact) mass is 278 g/mol. The highest BCUT2D eigenvalue weighted by Crippen LogP contribution is 2.20. The molecule has 19 heavy (non-hydrogen) atoms. The van der Waals surface area contributed by atoms with E-state index in [-0.39, 0.29) is 22.8 Å². The number of halogens is 2. The molecule has 0 aliphatic heterocycles. The maximum absolute atomic E-state index is 13.7. The van der Waals surface area contributed by atoms with Gasteiger partial charge in [-0.15, -0.1) is 0 Å². The summed E-state index contributed by atoms with van der Waals surface area (Å²) in [6.07, 6.45) is 0.126. The Hall–Kier alpha value is -1.87. The van der Waals surface area contributed by atoms with Gasteiger partial charge in [0.25, 0.3) is 0 Å². The summed E-state index contributed by atoms with van der Waals surface area (Å²) in [6, 6.07) is 11.5. The molecule has 0 aliphatic carbocycles. The highest BCUT2D eigenvalue weighted by atomic mass is 35.5. The number of ketones is 1. The van der Waals surface area contributed by atoms with E-state index < -0.39 is 5.82 Å². The zero-order chi connectivity index (χ0) is 13.8. The summed E-state index contributed by atoms with van der Waals surface area (Å²) in [5, 5.41) is -0.0411. The van der Waals surface area contributed by atoms with E-state index in [0.29, 0.717) is 5.75 Å². The first kappa shape index (κ1) is 13.6. The Bertz CT molecular complexity index is 594. The van der Waals surface area contributed by atoms with E-state index in [2.05, 4.69) is 0 Å². The lowest BCUT2D eigenvalue weighted by Crippen LogP contribution is -2.06. The van der Waals surface area contributed by atoms with Crippen molar-refractivity contribution in [1.82, 2.24) is 0 Å². The number of carbonyl (C=O) groups is 1. The van der Waals surface area contributed by atoms with Crippen LogP contribution in [0, 0.1) is 5.82 Å². The summed E-state index contributed by atoms with van der Waals surface area (Å²) in [6.45, 7) is 0. The molecule has 98 valence electrons. The molecule has 0 aromatic heterocycles. The van der Waals surface area contributed by atoms with Gasteiger partial charge in [-0.2, -0.15) is 0 Å². The first-order chi connectivity index (χ1) is 9.11. The topological polar surface area (TPSA) is 26.3 Å². The highest BCUT2D eigenvalue weighted by molar-refractivity contribution is 6.31. The van der Waals surface area contributed by atoms with Gasteiger partial charge in [0.1, 0.15) is 5.75 Å². The van der Waals surface area contributed by atoms with Crippen LogP contribution >= 0.6 is 11.6 Å². The Morgan fingerprint density at radius 1 is 1.21 bits per heavy atom. The summed E-state index contributed by atoms with van der Waals surface area (Å²) < 4.78 is 18.7. The van der Waals surface area contributed by atoms with Gasteiger partial charge >= 0.3 is 0 Å². The molecule has 0 bridgehead atoms. The fourth-order valence-corrected chi connectivity index (χ4v) is 1.92. The summed E-state index contributed by atoms with van der Waals surface area (Å²) in [5.41, 5.74) is 0.813. The van der Waals surface area contributed by atoms with Gasteiger partial charge in [0.05, 0.1) is 17.7 Å². The molecule has 0 saturated heterocycles. The molecule has 0 spiro atoms. The lowest BCUT2D eigenvalue weighted by atomic mass is 10.0. The van der Waals surface area contributed by atoms with Crippen molar-refractivity contribution in [3.63, 3.8) is 0 Å². The molecule has 0 heterocycles. The summed E-state index contributed by atoms with van der Waals surface area (Å²) >= 11 is 5.66. The summed E-state index contributed by atoms with van der Waals surface area (Å²) in [5.74, 6) is -0.252. The lowest BCUT2D eigenvalue weighted by Gasteiger charge is -2.05. The van der Waals surface area contributed by atoms with E-state index in [1.165, 1.54) is 12.1 Å². The number of carbonyl (C=O) groups excluding carboxylic acids is 1. The first-order valence-corrected chi connectivity index (χ1v) is 6.09. The SMILES string of the molecule is COc1ccc(CC(=O)c2cccc(Cl)c2F)cc1. The Labute approximate surface area is 115 Å². The largest absolute Gasteiger partial charge is 0.497 e. The molecule has 2 aromatic rings. The molecular formula is C15H12ClFO2. The number of methoxy groups -OCH3 is 1. The molecule has 0 saturated carbocycles. The van der Waals surface area contributed by atoms with Crippen LogP contribution in [0.15, 0.2) is 42.5 Å². The van der Waals surface area contributed by atoms with Gasteiger partial charge in [-0.1, -0.05) is 29.8 Å². The second kappa shape index (κ2) is 5.85. The molecule has 0 atom stereocenters. The van der Waals surface area contributed by atoms with Gasteiger partial charge in [-0.25, -0.2) is 4.39 Å². The van der Waals surface area contributed by atoms with Crippen molar-refractivity contribution in [2.75, 3.05) is 7.11 Å². The van der Waals surface area contributed by atoms with Gasteiger partial charge in [0.2, 0.25) is 0 Å². The third kappa shape index (κ3) is 3.12. The number of ether oxygens (including phenoxy) is 1. The van der Waals surface area contributed by atoms with Gasteiger partial charge in [-0.3, -0.25) is 4.79 Å². The van der Waals surface area contributed by atoms with Crippen LogP contribution in [0.5, 0.6) is 5.75 Å². The van der Waals surface area contributed by atoms with Crippen LogP contribution in [0.3, 0.4) is 0 Å². The van der Waals surface area contributed by atoms with Crippen LogP contribution in [-0.4, -0.2) is 12.9 Å². The second-order valence-corrected chi connectivity index (χ2v) is 4.46. The fraction of sp³-hybridized carbons (Fsp3) is 0.133. The van der Waals surface area contributed by atoms with Crippen LogP contribution in [0.25, 0.3) is 0 Å². The van der Waals surface area contributed by atoms with Crippen molar-refractivity contribution in [3.05, 3.63) is 64.4 Å². The zero-order valence-electron chi connectivity index (χ0n) is 10.3. The van der Waals surface area contributed by atoms with E-state index in [1.54, 1.807) is 37.4 Å². The molecule has 2 rings (SSSR count). The summed E-state index contributed by atoms with van der Waals surface area (Å²) in [4.78, 5) is 12.0. The summed E-state index contributed by atoms with van der Waals surface area (Å²) in [7, 11) is 1.57. The quantitative estimate of drug-likeness (QED) is 0.793. The average Bonchev–Trinajstić information content (AvgIpc) is 2.42. The number of Topliss-reactive ketones (excluding diaryl/α,β-unsaturated/α-hetero) is 1. The number of rotatable bonds is 4. The predicted molar refractivity (Wildman–Crippen MR) is 72.4 cm³/mol. The molecule has 4 heteroatoms. The average molecular weight is 279 g/mol. The number of hydrogen-bond acceptors (Lipinski definition) is 2. The minimum atomic E-state index is -0.664. The van der Waals surface area contributed by atoms with Gasteiger partial charge in [-0.05, 0) is 29.8 Å². The Morgan fingerprint density at radius 3 is 2.53 bits per heavy atom. The van der Waals surface area contributed by atoms with Crippen molar-refractivity contribution in [2.45, 2.75) is 6.42 Å². The predicted octanol–water partition coefficient (Wildman–Crippen LogP) is 3.91. The fourth-order valence-electron chi connectivity index (χ4n) is 1.74. The van der Waals surface area contributed by atoms with Crippen molar-refractivity contribution >= 4 is 17.4 Å². The number of benzene rings is 2. The third-order valence-electron chi connectivity index (χ3n) is 2.78. The van der Waals surface area contributed by atoms with Crippen LogP contribution in [0.4, 0.5) is 4.39 Å². The van der Waals surface area contributed by atoms with Gasteiger partial charge in [0.15, 0.2) is 11.6 Å². The standard InChI is InChI=1S/C15H12ClFO2/c1-19-11-7-5-10(6-8-11)9-14(18)12-3-2-4-13(16)15(12)17/h2-8H,9H2,1H3. The van der Waals surface area contributed by atoms with Crippen LogP contribution in [0.2, 0.25) is 5.02 Å². The van der Waals surface area contributed by atoms with Crippen molar-refractivity contribution in [2.24, 2.45) is 0 Å². The molecular weight excluding hydrogens is 267 g/mol. The highest BCUT2D eigenvalue weighted by Gasteiger charge is 2.14. The molecule has 0 N–H and O–H groups in total. The van der Waals surface area contributed by atoms with E-state index in [0.717, 1.165) is 5.56 Å². The molecule has 0 unspecified atom stereocenters. The van der Waals surface area contributed by atoms with E-state index in [9.17, 15) is 9.18 Å². The molecule has 0 amide bonds. The molecule has 0 fully saturated rings. The van der Waals surface area contributed by atoms with Crippen LogP contribution in [-0.2, 0) is 6.42 Å². The lowest BCUT2D eigenvalue weighted by molar-refractivity contribution is 0.0989. The second-order valence-electron chi connectivity index (χ2n) is 4.05. The van der Waals surface area contributed by atoms with Crippen molar-refractivity contribution in [3.8, 4) is 5.75 Å². The first-order valence-electron chi connectivity index (χ1n) is 5.72. The minimum Gasteiger partial charge on any atom is -0.497 e. The Kier molecular flexibility index (Phi) is 4.17. The number of hydrogen-bond donors (Lipinski definition) is 0. The molecule has 0 aliphatic rings.